The number of amides is 2. The molecule has 1 saturated carbocycles. The summed E-state index contributed by atoms with van der Waals surface area (Å²) in [6.07, 6.45) is 7.37. The predicted octanol–water partition coefficient (Wildman–Crippen LogP) is 2.59. The summed E-state index contributed by atoms with van der Waals surface area (Å²) in [5.74, 6) is -0.977. The highest BCUT2D eigenvalue weighted by molar-refractivity contribution is 6.31. The van der Waals surface area contributed by atoms with E-state index in [1.54, 1.807) is 12.1 Å². The number of hydrogen-bond acceptors (Lipinski definition) is 5. The average molecular weight is 369 g/mol. The van der Waals surface area contributed by atoms with Crippen LogP contribution < -0.4 is 5.43 Å². The van der Waals surface area contributed by atoms with Crippen molar-refractivity contribution in [2.45, 2.75) is 6.42 Å². The number of hydrogen-bond donors (Lipinski definition) is 0. The molecule has 0 N–H and O–H groups in total. The van der Waals surface area contributed by atoms with Crippen molar-refractivity contribution in [1.82, 2.24) is 5.01 Å². The molecular formula is C19H13ClN2O4. The van der Waals surface area contributed by atoms with Crippen LogP contribution in [0.1, 0.15) is 12.0 Å². The maximum Gasteiger partial charge on any atom is 0.254 e. The van der Waals surface area contributed by atoms with Crippen molar-refractivity contribution in [2.24, 2.45) is 28.8 Å². The molecule has 2 fully saturated rings. The van der Waals surface area contributed by atoms with E-state index in [1.165, 1.54) is 18.5 Å². The maximum absolute atomic E-state index is 12.6. The molecule has 2 heterocycles. The molecule has 2 amide bonds. The van der Waals surface area contributed by atoms with Crippen LogP contribution in [0, 0.1) is 23.7 Å². The fourth-order valence-electron chi connectivity index (χ4n) is 4.33. The summed E-state index contributed by atoms with van der Waals surface area (Å²) in [7, 11) is 0. The van der Waals surface area contributed by atoms with Crippen LogP contribution in [0.25, 0.3) is 11.0 Å². The van der Waals surface area contributed by atoms with Gasteiger partial charge in [-0.15, -0.1) is 0 Å². The molecule has 1 aliphatic heterocycles. The number of carbonyl (C=O) groups excluding carboxylic acids is 2. The van der Waals surface area contributed by atoms with E-state index in [4.69, 9.17) is 16.0 Å². The third-order valence-corrected chi connectivity index (χ3v) is 5.76. The van der Waals surface area contributed by atoms with Gasteiger partial charge in [0.1, 0.15) is 11.8 Å². The van der Waals surface area contributed by atoms with E-state index in [1.807, 2.05) is 12.2 Å². The van der Waals surface area contributed by atoms with E-state index in [9.17, 15) is 14.4 Å². The van der Waals surface area contributed by atoms with E-state index in [-0.39, 0.29) is 46.5 Å². The molecule has 6 nitrogen and oxygen atoms in total. The molecule has 1 aromatic carbocycles. The number of benzene rings is 1. The summed E-state index contributed by atoms with van der Waals surface area (Å²) in [6, 6.07) is 4.75. The summed E-state index contributed by atoms with van der Waals surface area (Å²) >= 11 is 5.93. The molecule has 26 heavy (non-hydrogen) atoms. The van der Waals surface area contributed by atoms with Crippen molar-refractivity contribution in [3.8, 4) is 0 Å². The van der Waals surface area contributed by atoms with Gasteiger partial charge in [0.15, 0.2) is 0 Å². The molecule has 3 aliphatic rings. The summed E-state index contributed by atoms with van der Waals surface area (Å²) in [4.78, 5) is 37.7. The average Bonchev–Trinajstić information content (AvgIpc) is 3.30. The first-order valence-electron chi connectivity index (χ1n) is 8.36. The van der Waals surface area contributed by atoms with Crippen molar-refractivity contribution in [2.75, 3.05) is 0 Å². The first-order chi connectivity index (χ1) is 12.5. The molecule has 130 valence electrons. The Hall–Kier alpha value is -2.73. The van der Waals surface area contributed by atoms with E-state index >= 15 is 0 Å². The number of hydrazone groups is 1. The lowest BCUT2D eigenvalue weighted by Crippen LogP contribution is -2.28. The van der Waals surface area contributed by atoms with Crippen LogP contribution in [-0.4, -0.2) is 23.0 Å². The van der Waals surface area contributed by atoms with E-state index in [0.717, 1.165) is 11.4 Å². The van der Waals surface area contributed by atoms with Crippen molar-refractivity contribution in [3.63, 3.8) is 0 Å². The van der Waals surface area contributed by atoms with Gasteiger partial charge in [-0.05, 0) is 36.5 Å². The van der Waals surface area contributed by atoms with Gasteiger partial charge in [-0.2, -0.15) is 10.1 Å². The molecule has 5 rings (SSSR count). The minimum absolute atomic E-state index is 0.120. The van der Waals surface area contributed by atoms with Gasteiger partial charge in [-0.1, -0.05) is 23.8 Å². The molecule has 4 atom stereocenters. The lowest BCUT2D eigenvalue weighted by atomic mass is 9.85. The van der Waals surface area contributed by atoms with E-state index < -0.39 is 0 Å². The normalized spacial score (nSPS) is 29.5. The van der Waals surface area contributed by atoms with Crippen molar-refractivity contribution < 1.29 is 14.0 Å². The second-order valence-corrected chi connectivity index (χ2v) is 7.33. The fourth-order valence-corrected chi connectivity index (χ4v) is 4.50. The number of carbonyl (C=O) groups is 2. The van der Waals surface area contributed by atoms with Crippen LogP contribution >= 0.6 is 11.6 Å². The van der Waals surface area contributed by atoms with Crippen LogP contribution in [0.15, 0.2) is 50.9 Å². The van der Waals surface area contributed by atoms with Crippen molar-refractivity contribution in [3.05, 3.63) is 57.4 Å². The molecule has 0 radical (unpaired) electrons. The topological polar surface area (TPSA) is 80.0 Å². The minimum atomic E-state index is -0.321. The molecule has 1 aromatic heterocycles. The largest absolute Gasteiger partial charge is 0.463 e. The first-order valence-corrected chi connectivity index (χ1v) is 8.73. The smallest absolute Gasteiger partial charge is 0.254 e. The highest BCUT2D eigenvalue weighted by atomic mass is 35.5. The van der Waals surface area contributed by atoms with Crippen molar-refractivity contribution >= 4 is 40.6 Å². The maximum atomic E-state index is 12.6. The number of allylic oxidation sites excluding steroid dienone is 2. The number of nitrogens with zero attached hydrogens (tertiary/aromatic N) is 2. The zero-order valence-corrected chi connectivity index (χ0v) is 14.2. The summed E-state index contributed by atoms with van der Waals surface area (Å²) in [5, 5.41) is 5.65. The van der Waals surface area contributed by atoms with E-state index in [0.29, 0.717) is 16.0 Å². The fraction of sp³-hybridized carbons (Fsp3) is 0.263. The quantitative estimate of drug-likeness (QED) is 0.463. The minimum Gasteiger partial charge on any atom is -0.463 e. The van der Waals surface area contributed by atoms with Crippen LogP contribution in [-0.2, 0) is 9.59 Å². The Labute approximate surface area is 152 Å². The third-order valence-electron chi connectivity index (χ3n) is 5.52. The molecule has 7 heteroatoms. The summed E-state index contributed by atoms with van der Waals surface area (Å²) in [6.45, 7) is 0. The Morgan fingerprint density at radius 2 is 1.81 bits per heavy atom. The van der Waals surface area contributed by atoms with Gasteiger partial charge >= 0.3 is 0 Å². The molecule has 2 bridgehead atoms. The SMILES string of the molecule is O=C1[C@@H]2[C@H](C(=O)N1/N=C\c1coc3ccc(Cl)cc3c1=O)[C@H]1C=C[C@H]2C1. The number of rotatable bonds is 2. The van der Waals surface area contributed by atoms with Gasteiger partial charge in [-0.3, -0.25) is 14.4 Å². The monoisotopic (exact) mass is 368 g/mol. The zero-order valence-electron chi connectivity index (χ0n) is 13.5. The number of fused-ring (bicyclic) bond motifs is 6. The molecule has 0 unspecified atom stereocenters. The lowest BCUT2D eigenvalue weighted by molar-refractivity contribution is -0.140. The Morgan fingerprint density at radius 3 is 2.50 bits per heavy atom. The van der Waals surface area contributed by atoms with Crippen LogP contribution in [0.3, 0.4) is 0 Å². The Morgan fingerprint density at radius 1 is 1.12 bits per heavy atom. The van der Waals surface area contributed by atoms with Gasteiger partial charge in [0.2, 0.25) is 5.43 Å². The second-order valence-electron chi connectivity index (χ2n) is 6.89. The predicted molar refractivity (Wildman–Crippen MR) is 94.7 cm³/mol. The second kappa shape index (κ2) is 5.38. The lowest BCUT2D eigenvalue weighted by Gasteiger charge is -2.13. The third kappa shape index (κ3) is 2.05. The molecular weight excluding hydrogens is 356 g/mol. The number of halogens is 1. The highest BCUT2D eigenvalue weighted by Gasteiger charge is 2.59. The molecule has 2 aromatic rings. The van der Waals surface area contributed by atoms with E-state index in [2.05, 4.69) is 5.10 Å². The highest BCUT2D eigenvalue weighted by Crippen LogP contribution is 2.52. The molecule has 1 saturated heterocycles. The molecule has 2 aliphatic carbocycles. The first kappa shape index (κ1) is 15.5. The Balaban J connectivity index is 1.49. The summed E-state index contributed by atoms with van der Waals surface area (Å²) in [5.41, 5.74) is 0.235. The van der Waals surface area contributed by atoms with Crippen LogP contribution in [0.5, 0.6) is 0 Å². The van der Waals surface area contributed by atoms with Crippen LogP contribution in [0.4, 0.5) is 0 Å². The van der Waals surface area contributed by atoms with Gasteiger partial charge < -0.3 is 4.42 Å². The van der Waals surface area contributed by atoms with Gasteiger partial charge in [-0.25, -0.2) is 0 Å². The van der Waals surface area contributed by atoms with Crippen LogP contribution in [0.2, 0.25) is 5.02 Å². The number of imide groups is 1. The molecule has 0 spiro atoms. The Kier molecular flexibility index (Phi) is 3.21. The van der Waals surface area contributed by atoms with Crippen molar-refractivity contribution in [1.29, 1.82) is 0 Å². The Bertz CT molecular complexity index is 1060. The summed E-state index contributed by atoms with van der Waals surface area (Å²) < 4.78 is 5.42. The zero-order chi connectivity index (χ0) is 18.0. The van der Waals surface area contributed by atoms with Gasteiger partial charge in [0.25, 0.3) is 11.8 Å². The standard InChI is InChI=1S/C19H13ClN2O4/c20-12-3-4-14-13(6-12)17(23)11(8-26-14)7-21-22-18(24)15-9-1-2-10(5-9)16(15)19(22)25/h1-4,6-10,15-16H,5H2/b21-7-/t9-,10-,15-,16+/m0/s1. The van der Waals surface area contributed by atoms with Gasteiger partial charge in [0, 0.05) is 5.02 Å². The van der Waals surface area contributed by atoms with Gasteiger partial charge in [0.05, 0.1) is 29.0 Å².